The van der Waals surface area contributed by atoms with Gasteiger partial charge in [0.15, 0.2) is 0 Å². The summed E-state index contributed by atoms with van der Waals surface area (Å²) in [6.07, 6.45) is 0. The van der Waals surface area contributed by atoms with E-state index in [4.69, 9.17) is 4.74 Å². The SMILES string of the molecule is CC(C)c1cccc(OCCNC(=O)N(Cc2ccccc2)C(C)C)c1. The maximum Gasteiger partial charge on any atom is 0.318 e. The molecule has 140 valence electrons. The van der Waals surface area contributed by atoms with E-state index in [1.165, 1.54) is 5.56 Å². The summed E-state index contributed by atoms with van der Waals surface area (Å²) in [7, 11) is 0. The number of hydrogen-bond acceptors (Lipinski definition) is 2. The zero-order valence-corrected chi connectivity index (χ0v) is 16.2. The van der Waals surface area contributed by atoms with Crippen molar-refractivity contribution in [1.82, 2.24) is 10.2 Å². The van der Waals surface area contributed by atoms with Crippen molar-refractivity contribution in [3.05, 3.63) is 65.7 Å². The predicted molar refractivity (Wildman–Crippen MR) is 107 cm³/mol. The van der Waals surface area contributed by atoms with Gasteiger partial charge in [0.1, 0.15) is 12.4 Å². The van der Waals surface area contributed by atoms with Crippen LogP contribution in [-0.2, 0) is 6.54 Å². The number of benzene rings is 2. The first kappa shape index (κ1) is 19.8. The molecule has 0 saturated heterocycles. The Kier molecular flexibility index (Phi) is 7.52. The van der Waals surface area contributed by atoms with E-state index in [0.717, 1.165) is 11.3 Å². The zero-order valence-electron chi connectivity index (χ0n) is 16.2. The minimum absolute atomic E-state index is 0.0663. The summed E-state index contributed by atoms with van der Waals surface area (Å²) in [4.78, 5) is 14.3. The predicted octanol–water partition coefficient (Wildman–Crippen LogP) is 4.81. The van der Waals surface area contributed by atoms with E-state index in [9.17, 15) is 4.79 Å². The molecule has 0 bridgehead atoms. The van der Waals surface area contributed by atoms with Crippen LogP contribution in [0.25, 0.3) is 0 Å². The number of nitrogens with zero attached hydrogens (tertiary/aromatic N) is 1. The summed E-state index contributed by atoms with van der Waals surface area (Å²) in [6.45, 7) is 9.89. The van der Waals surface area contributed by atoms with Gasteiger partial charge in [0.05, 0.1) is 6.54 Å². The number of carbonyl (C=O) groups excluding carboxylic acids is 1. The molecule has 0 aliphatic rings. The van der Waals surface area contributed by atoms with Crippen molar-refractivity contribution in [1.29, 1.82) is 0 Å². The molecule has 0 unspecified atom stereocenters. The molecule has 1 N–H and O–H groups in total. The number of rotatable bonds is 8. The van der Waals surface area contributed by atoms with E-state index < -0.39 is 0 Å². The molecule has 0 atom stereocenters. The van der Waals surface area contributed by atoms with Gasteiger partial charge in [0, 0.05) is 12.6 Å². The number of hydrogen-bond donors (Lipinski definition) is 1. The van der Waals surface area contributed by atoms with Crippen molar-refractivity contribution in [2.45, 2.75) is 46.2 Å². The molecule has 0 heterocycles. The molecule has 4 nitrogen and oxygen atoms in total. The topological polar surface area (TPSA) is 41.6 Å². The minimum Gasteiger partial charge on any atom is -0.492 e. The smallest absolute Gasteiger partial charge is 0.318 e. The molecule has 2 rings (SSSR count). The molecule has 2 amide bonds. The van der Waals surface area contributed by atoms with Gasteiger partial charge < -0.3 is 15.0 Å². The lowest BCUT2D eigenvalue weighted by molar-refractivity contribution is 0.177. The third kappa shape index (κ3) is 6.10. The van der Waals surface area contributed by atoms with E-state index in [0.29, 0.717) is 25.6 Å². The first-order valence-electron chi connectivity index (χ1n) is 9.28. The summed E-state index contributed by atoms with van der Waals surface area (Å²) >= 11 is 0. The van der Waals surface area contributed by atoms with Crippen LogP contribution < -0.4 is 10.1 Å². The third-order valence-electron chi connectivity index (χ3n) is 4.25. The highest BCUT2D eigenvalue weighted by atomic mass is 16.5. The lowest BCUT2D eigenvalue weighted by Crippen LogP contribution is -2.44. The average molecular weight is 354 g/mol. The van der Waals surface area contributed by atoms with Crippen molar-refractivity contribution in [3.8, 4) is 5.75 Å². The highest BCUT2D eigenvalue weighted by Gasteiger charge is 2.16. The fraction of sp³-hybridized carbons (Fsp3) is 0.409. The molecule has 0 radical (unpaired) electrons. The van der Waals surface area contributed by atoms with Gasteiger partial charge in [0.25, 0.3) is 0 Å². The molecule has 0 aliphatic heterocycles. The second-order valence-electron chi connectivity index (χ2n) is 7.01. The van der Waals surface area contributed by atoms with Gasteiger partial charge in [-0.15, -0.1) is 0 Å². The molecule has 0 saturated carbocycles. The number of amides is 2. The number of nitrogens with one attached hydrogen (secondary N) is 1. The third-order valence-corrected chi connectivity index (χ3v) is 4.25. The summed E-state index contributed by atoms with van der Waals surface area (Å²) in [5, 5.41) is 2.95. The molecule has 0 aliphatic carbocycles. The first-order valence-corrected chi connectivity index (χ1v) is 9.28. The van der Waals surface area contributed by atoms with Crippen LogP contribution >= 0.6 is 0 Å². The van der Waals surface area contributed by atoms with E-state index in [1.807, 2.05) is 61.2 Å². The Labute approximate surface area is 157 Å². The number of ether oxygens (including phenoxy) is 1. The first-order chi connectivity index (χ1) is 12.5. The van der Waals surface area contributed by atoms with Crippen molar-refractivity contribution in [3.63, 3.8) is 0 Å². The van der Waals surface area contributed by atoms with Crippen molar-refractivity contribution >= 4 is 6.03 Å². The average Bonchev–Trinajstić information content (AvgIpc) is 2.64. The van der Waals surface area contributed by atoms with E-state index in [-0.39, 0.29) is 12.1 Å². The van der Waals surface area contributed by atoms with Gasteiger partial charge in [-0.1, -0.05) is 56.3 Å². The molecule has 4 heteroatoms. The molecule has 26 heavy (non-hydrogen) atoms. The van der Waals surface area contributed by atoms with Crippen molar-refractivity contribution < 1.29 is 9.53 Å². The molecule has 0 spiro atoms. The monoisotopic (exact) mass is 354 g/mol. The van der Waals surface area contributed by atoms with Crippen LogP contribution in [0.1, 0.15) is 44.7 Å². The van der Waals surface area contributed by atoms with E-state index in [2.05, 4.69) is 31.3 Å². The standard InChI is InChI=1S/C22H30N2O2/c1-17(2)20-11-8-12-21(15-20)26-14-13-23-22(25)24(18(3)4)16-19-9-6-5-7-10-19/h5-12,15,17-18H,13-14,16H2,1-4H3,(H,23,25). The lowest BCUT2D eigenvalue weighted by Gasteiger charge is -2.27. The van der Waals surface area contributed by atoms with Gasteiger partial charge in [-0.05, 0) is 43.0 Å². The Morgan fingerprint density at radius 1 is 1.04 bits per heavy atom. The second kappa shape index (κ2) is 9.85. The highest BCUT2D eigenvalue weighted by molar-refractivity contribution is 5.74. The Bertz CT molecular complexity index is 684. The van der Waals surface area contributed by atoms with Crippen LogP contribution in [0, 0.1) is 0 Å². The van der Waals surface area contributed by atoms with Gasteiger partial charge >= 0.3 is 6.03 Å². The van der Waals surface area contributed by atoms with E-state index in [1.54, 1.807) is 0 Å². The summed E-state index contributed by atoms with van der Waals surface area (Å²) in [5.74, 6) is 1.31. The van der Waals surface area contributed by atoms with Crippen LogP contribution in [-0.4, -0.2) is 30.1 Å². The highest BCUT2D eigenvalue weighted by Crippen LogP contribution is 2.19. The summed E-state index contributed by atoms with van der Waals surface area (Å²) in [5.41, 5.74) is 2.37. The summed E-state index contributed by atoms with van der Waals surface area (Å²) in [6, 6.07) is 18.2. The maximum atomic E-state index is 12.5. The van der Waals surface area contributed by atoms with Crippen LogP contribution in [0.2, 0.25) is 0 Å². The Morgan fingerprint density at radius 2 is 1.77 bits per heavy atom. The van der Waals surface area contributed by atoms with Gasteiger partial charge in [-0.3, -0.25) is 0 Å². The molecule has 0 fully saturated rings. The normalized spacial score (nSPS) is 10.8. The zero-order chi connectivity index (χ0) is 18.9. The van der Waals surface area contributed by atoms with Crippen molar-refractivity contribution in [2.24, 2.45) is 0 Å². The largest absolute Gasteiger partial charge is 0.492 e. The fourth-order valence-corrected chi connectivity index (χ4v) is 2.66. The quantitative estimate of drug-likeness (QED) is 0.691. The van der Waals surface area contributed by atoms with Crippen molar-refractivity contribution in [2.75, 3.05) is 13.2 Å². The number of carbonyl (C=O) groups is 1. The van der Waals surface area contributed by atoms with Crippen LogP contribution in [0.4, 0.5) is 4.79 Å². The molecular weight excluding hydrogens is 324 g/mol. The molecular formula is C22H30N2O2. The molecule has 2 aromatic rings. The van der Waals surface area contributed by atoms with Crippen LogP contribution in [0.15, 0.2) is 54.6 Å². The Morgan fingerprint density at radius 3 is 2.42 bits per heavy atom. The maximum absolute atomic E-state index is 12.5. The van der Waals surface area contributed by atoms with Gasteiger partial charge in [-0.2, -0.15) is 0 Å². The second-order valence-corrected chi connectivity index (χ2v) is 7.01. The molecule has 0 aromatic heterocycles. The summed E-state index contributed by atoms with van der Waals surface area (Å²) < 4.78 is 5.77. The van der Waals surface area contributed by atoms with E-state index >= 15 is 0 Å². The Balaban J connectivity index is 1.81. The Hall–Kier alpha value is -2.49. The lowest BCUT2D eigenvalue weighted by atomic mass is 10.0. The fourth-order valence-electron chi connectivity index (χ4n) is 2.66. The van der Waals surface area contributed by atoms with Crippen LogP contribution in [0.5, 0.6) is 5.75 Å². The van der Waals surface area contributed by atoms with Crippen LogP contribution in [0.3, 0.4) is 0 Å². The van der Waals surface area contributed by atoms with Gasteiger partial charge in [0.2, 0.25) is 0 Å². The minimum atomic E-state index is -0.0663. The number of urea groups is 1. The van der Waals surface area contributed by atoms with Gasteiger partial charge in [-0.25, -0.2) is 4.79 Å². The molecule has 2 aromatic carbocycles.